The van der Waals surface area contributed by atoms with Gasteiger partial charge in [0.05, 0.1) is 18.5 Å². The lowest BCUT2D eigenvalue weighted by molar-refractivity contribution is 0.599. The van der Waals surface area contributed by atoms with Crippen molar-refractivity contribution in [3.8, 4) is 0 Å². The van der Waals surface area contributed by atoms with E-state index >= 15 is 0 Å². The first kappa shape index (κ1) is 19.1. The van der Waals surface area contributed by atoms with Gasteiger partial charge in [0.1, 0.15) is 5.82 Å². The molecule has 0 radical (unpaired) electrons. The van der Waals surface area contributed by atoms with Gasteiger partial charge in [-0.2, -0.15) is 5.10 Å². The van der Waals surface area contributed by atoms with Crippen LogP contribution in [0.1, 0.15) is 11.3 Å². The second-order valence-corrected chi connectivity index (χ2v) is 7.00. The number of hydrogen-bond donors (Lipinski definition) is 2. The summed E-state index contributed by atoms with van der Waals surface area (Å²) in [5.41, 5.74) is 5.18. The van der Waals surface area contributed by atoms with Crippen molar-refractivity contribution in [2.24, 2.45) is 5.10 Å². The fourth-order valence-electron chi connectivity index (χ4n) is 2.52. The maximum Gasteiger partial charge on any atom is 0.191 e. The second-order valence-electron chi connectivity index (χ2n) is 5.71. The summed E-state index contributed by atoms with van der Waals surface area (Å²) in [6, 6.07) is 18.5. The summed E-state index contributed by atoms with van der Waals surface area (Å²) < 4.78 is 15.8. The number of benzene rings is 2. The van der Waals surface area contributed by atoms with Gasteiger partial charge >= 0.3 is 0 Å². The molecule has 0 aliphatic rings. The van der Waals surface area contributed by atoms with Gasteiger partial charge in [0.25, 0.3) is 0 Å². The second kappa shape index (κ2) is 9.34. The molecule has 7 heteroatoms. The first-order valence-corrected chi connectivity index (χ1v) is 9.91. The van der Waals surface area contributed by atoms with Gasteiger partial charge in [-0.25, -0.2) is 4.39 Å². The van der Waals surface area contributed by atoms with E-state index in [4.69, 9.17) is 12.2 Å². The Labute approximate surface area is 167 Å². The standard InChI is InChI=1S/C20H19FN4S2/c1-27-18-9-4-7-16(12-18)23-20(26)24-22-13-17-8-5-11-25(17)14-15-6-2-3-10-19(15)21/h2-13H,14H2,1H3,(H2,23,24,26). The van der Waals surface area contributed by atoms with Crippen LogP contribution in [0.15, 0.2) is 76.9 Å². The quantitative estimate of drug-likeness (QED) is 0.273. The molecule has 0 amide bonds. The van der Waals surface area contributed by atoms with Crippen molar-refractivity contribution in [3.05, 3.63) is 83.9 Å². The van der Waals surface area contributed by atoms with Crippen molar-refractivity contribution < 1.29 is 4.39 Å². The highest BCUT2D eigenvalue weighted by Gasteiger charge is 2.04. The van der Waals surface area contributed by atoms with E-state index in [1.165, 1.54) is 6.07 Å². The van der Waals surface area contributed by atoms with Gasteiger partial charge in [-0.1, -0.05) is 24.3 Å². The van der Waals surface area contributed by atoms with Gasteiger partial charge in [0, 0.05) is 22.3 Å². The van der Waals surface area contributed by atoms with Crippen molar-refractivity contribution in [1.82, 2.24) is 9.99 Å². The minimum Gasteiger partial charge on any atom is -0.342 e. The number of rotatable bonds is 6. The first-order chi connectivity index (χ1) is 13.2. The average molecular weight is 399 g/mol. The van der Waals surface area contributed by atoms with E-state index in [0.29, 0.717) is 17.2 Å². The van der Waals surface area contributed by atoms with E-state index in [2.05, 4.69) is 15.8 Å². The maximum absolute atomic E-state index is 13.8. The number of halogens is 1. The van der Waals surface area contributed by atoms with Crippen LogP contribution in [0, 0.1) is 5.82 Å². The third-order valence-electron chi connectivity index (χ3n) is 3.85. The molecule has 0 atom stereocenters. The molecular formula is C20H19FN4S2. The lowest BCUT2D eigenvalue weighted by Gasteiger charge is -2.09. The minimum atomic E-state index is -0.218. The van der Waals surface area contributed by atoms with Crippen LogP contribution in [0.25, 0.3) is 0 Å². The normalized spacial score (nSPS) is 10.9. The Morgan fingerprint density at radius 2 is 2.04 bits per heavy atom. The van der Waals surface area contributed by atoms with Crippen LogP contribution in [-0.4, -0.2) is 22.1 Å². The smallest absolute Gasteiger partial charge is 0.191 e. The van der Waals surface area contributed by atoms with E-state index in [-0.39, 0.29) is 5.82 Å². The number of thiocarbonyl (C=S) groups is 1. The van der Waals surface area contributed by atoms with Crippen molar-refractivity contribution in [3.63, 3.8) is 0 Å². The van der Waals surface area contributed by atoms with E-state index in [0.717, 1.165) is 16.3 Å². The summed E-state index contributed by atoms with van der Waals surface area (Å²) in [6.45, 7) is 0.436. The van der Waals surface area contributed by atoms with Crippen LogP contribution in [0.2, 0.25) is 0 Å². The molecule has 0 bridgehead atoms. The summed E-state index contributed by atoms with van der Waals surface area (Å²) in [6.07, 6.45) is 5.57. The fraction of sp³-hybridized carbons (Fsp3) is 0.100. The van der Waals surface area contributed by atoms with Gasteiger partial charge in [-0.15, -0.1) is 11.8 Å². The number of nitrogens with zero attached hydrogens (tertiary/aromatic N) is 2. The Hall–Kier alpha value is -2.64. The highest BCUT2D eigenvalue weighted by Crippen LogP contribution is 2.18. The fourth-order valence-corrected chi connectivity index (χ4v) is 3.15. The van der Waals surface area contributed by atoms with E-state index in [1.807, 2.05) is 59.5 Å². The van der Waals surface area contributed by atoms with Gasteiger partial charge in [0.2, 0.25) is 0 Å². The maximum atomic E-state index is 13.8. The molecule has 2 N–H and O–H groups in total. The molecule has 0 saturated heterocycles. The zero-order valence-electron chi connectivity index (χ0n) is 14.7. The van der Waals surface area contributed by atoms with Gasteiger partial charge in [-0.3, -0.25) is 5.43 Å². The SMILES string of the molecule is CSc1cccc(NC(=S)NN=Cc2cccn2Cc2ccccc2F)c1. The molecule has 0 aliphatic heterocycles. The summed E-state index contributed by atoms with van der Waals surface area (Å²) in [7, 11) is 0. The molecule has 1 aromatic heterocycles. The van der Waals surface area contributed by atoms with Crippen LogP contribution >= 0.6 is 24.0 Å². The molecule has 0 spiro atoms. The van der Waals surface area contributed by atoms with Crippen LogP contribution < -0.4 is 10.7 Å². The lowest BCUT2D eigenvalue weighted by atomic mass is 10.2. The predicted molar refractivity (Wildman–Crippen MR) is 115 cm³/mol. The molecule has 138 valence electrons. The Kier molecular flexibility index (Phi) is 6.62. The zero-order valence-corrected chi connectivity index (χ0v) is 16.4. The van der Waals surface area contributed by atoms with Gasteiger partial charge in [0.15, 0.2) is 5.11 Å². The molecule has 0 fully saturated rings. The zero-order chi connectivity index (χ0) is 19.1. The Morgan fingerprint density at radius 1 is 1.19 bits per heavy atom. The summed E-state index contributed by atoms with van der Waals surface area (Å²) >= 11 is 6.93. The van der Waals surface area contributed by atoms with Crippen LogP contribution in [-0.2, 0) is 6.54 Å². The molecule has 0 unspecified atom stereocenters. The van der Waals surface area contributed by atoms with Crippen molar-refractivity contribution in [2.75, 3.05) is 11.6 Å². The van der Waals surface area contributed by atoms with Crippen LogP contribution in [0.4, 0.5) is 10.1 Å². The van der Waals surface area contributed by atoms with E-state index in [9.17, 15) is 4.39 Å². The molecule has 1 heterocycles. The van der Waals surface area contributed by atoms with Crippen LogP contribution in [0.5, 0.6) is 0 Å². The van der Waals surface area contributed by atoms with Crippen molar-refractivity contribution >= 4 is 41.0 Å². The topological polar surface area (TPSA) is 41.4 Å². The number of thioether (sulfide) groups is 1. The third kappa shape index (κ3) is 5.42. The van der Waals surface area contributed by atoms with Crippen molar-refractivity contribution in [1.29, 1.82) is 0 Å². The van der Waals surface area contributed by atoms with Gasteiger partial charge < -0.3 is 9.88 Å². The number of hydrogen-bond acceptors (Lipinski definition) is 3. The first-order valence-electron chi connectivity index (χ1n) is 8.28. The summed E-state index contributed by atoms with van der Waals surface area (Å²) in [5, 5.41) is 7.67. The summed E-state index contributed by atoms with van der Waals surface area (Å²) in [5.74, 6) is -0.218. The van der Waals surface area contributed by atoms with E-state index < -0.39 is 0 Å². The Balaban J connectivity index is 1.59. The van der Waals surface area contributed by atoms with E-state index in [1.54, 1.807) is 30.1 Å². The molecule has 3 rings (SSSR count). The largest absolute Gasteiger partial charge is 0.342 e. The van der Waals surface area contributed by atoms with Crippen molar-refractivity contribution in [2.45, 2.75) is 11.4 Å². The lowest BCUT2D eigenvalue weighted by Crippen LogP contribution is -2.24. The molecule has 4 nitrogen and oxygen atoms in total. The van der Waals surface area contributed by atoms with Gasteiger partial charge in [-0.05, 0) is 54.9 Å². The monoisotopic (exact) mass is 398 g/mol. The number of nitrogens with one attached hydrogen (secondary N) is 2. The van der Waals surface area contributed by atoms with Crippen LogP contribution in [0.3, 0.4) is 0 Å². The Morgan fingerprint density at radius 3 is 2.85 bits per heavy atom. The molecule has 0 saturated carbocycles. The highest BCUT2D eigenvalue weighted by atomic mass is 32.2. The summed E-state index contributed by atoms with van der Waals surface area (Å²) in [4.78, 5) is 1.15. The molecule has 3 aromatic rings. The molecule has 27 heavy (non-hydrogen) atoms. The highest BCUT2D eigenvalue weighted by molar-refractivity contribution is 7.98. The number of anilines is 1. The Bertz CT molecular complexity index is 952. The number of aromatic nitrogens is 1. The number of hydrazone groups is 1. The minimum absolute atomic E-state index is 0.218. The predicted octanol–water partition coefficient (Wildman–Crippen LogP) is 4.72. The average Bonchev–Trinajstić information content (AvgIpc) is 3.11. The third-order valence-corrected chi connectivity index (χ3v) is 4.77. The molecular weight excluding hydrogens is 379 g/mol. The molecule has 0 aliphatic carbocycles. The molecule has 2 aromatic carbocycles.